The van der Waals surface area contributed by atoms with Crippen molar-refractivity contribution in [3.05, 3.63) is 0 Å². The van der Waals surface area contributed by atoms with Crippen molar-refractivity contribution >= 4 is 17.6 Å². The molecule has 0 aromatic heterocycles. The topological polar surface area (TPSA) is 92.5 Å². The molecule has 0 atom stereocenters. The third-order valence-corrected chi connectivity index (χ3v) is 1.19. The van der Waals surface area contributed by atoms with Crippen LogP contribution in [0, 0.1) is 0 Å². The largest absolute Gasteiger partial charge is 0.353 e. The summed E-state index contributed by atoms with van der Waals surface area (Å²) in [6, 6.07) is 0. The van der Waals surface area contributed by atoms with E-state index in [9.17, 15) is 14.4 Å². The maximum atomic E-state index is 10.8. The molecule has 0 bridgehead atoms. The Morgan fingerprint density at radius 1 is 1.42 bits per heavy atom. The molecule has 0 aromatic rings. The van der Waals surface area contributed by atoms with Gasteiger partial charge >= 0.3 is 0 Å². The van der Waals surface area contributed by atoms with Crippen LogP contribution in [0.5, 0.6) is 0 Å². The first kappa shape index (κ1) is 10.6. The Kier molecular flexibility index (Phi) is 3.92. The highest BCUT2D eigenvalue weighted by Gasteiger charge is 2.17. The fourth-order valence-corrected chi connectivity index (χ4v) is 0.482. The Labute approximate surface area is 69.7 Å². The molecule has 0 heterocycles. The summed E-state index contributed by atoms with van der Waals surface area (Å²) in [5, 5.41) is 2.87. The van der Waals surface area contributed by atoms with Gasteiger partial charge in [0.2, 0.25) is 11.7 Å². The standard InChI is InChI=1S/C6H11N3O3/c1-8-6(12)4(10)3-5(11)9(2)7/h3,7H2,1-2H3,(H,8,12). The minimum absolute atomic E-state index is 0.493. The number of ketones is 1. The van der Waals surface area contributed by atoms with Gasteiger partial charge in [-0.1, -0.05) is 0 Å². The molecule has 0 aliphatic heterocycles. The summed E-state index contributed by atoms with van der Waals surface area (Å²) >= 11 is 0. The van der Waals surface area contributed by atoms with Crippen LogP contribution in [0.15, 0.2) is 0 Å². The highest BCUT2D eigenvalue weighted by Crippen LogP contribution is 1.87. The van der Waals surface area contributed by atoms with E-state index in [4.69, 9.17) is 5.84 Å². The molecular weight excluding hydrogens is 162 g/mol. The third kappa shape index (κ3) is 3.11. The van der Waals surface area contributed by atoms with Gasteiger partial charge in [0.05, 0.1) is 6.42 Å². The van der Waals surface area contributed by atoms with E-state index in [0.29, 0.717) is 0 Å². The molecule has 3 N–H and O–H groups in total. The molecule has 12 heavy (non-hydrogen) atoms. The first-order chi connectivity index (χ1) is 5.49. The maximum absolute atomic E-state index is 10.8. The number of hydrogen-bond acceptors (Lipinski definition) is 4. The average Bonchev–Trinajstić information content (AvgIpc) is 2.02. The van der Waals surface area contributed by atoms with E-state index in [1.54, 1.807) is 0 Å². The first-order valence-electron chi connectivity index (χ1n) is 3.25. The molecule has 0 radical (unpaired) electrons. The van der Waals surface area contributed by atoms with E-state index < -0.39 is 24.0 Å². The minimum Gasteiger partial charge on any atom is -0.353 e. The van der Waals surface area contributed by atoms with Crippen molar-refractivity contribution < 1.29 is 14.4 Å². The normalized spacial score (nSPS) is 8.92. The van der Waals surface area contributed by atoms with Crippen molar-refractivity contribution in [1.82, 2.24) is 10.3 Å². The number of Topliss-reactive ketones (excluding diaryl/α,β-unsaturated/α-hetero) is 1. The molecule has 0 spiro atoms. The number of nitrogens with one attached hydrogen (secondary N) is 1. The highest BCUT2D eigenvalue weighted by molar-refractivity contribution is 6.39. The molecule has 6 nitrogen and oxygen atoms in total. The van der Waals surface area contributed by atoms with Crippen LogP contribution >= 0.6 is 0 Å². The number of carbonyl (C=O) groups is 3. The van der Waals surface area contributed by atoms with Crippen LogP contribution < -0.4 is 11.2 Å². The van der Waals surface area contributed by atoms with Crippen LogP contribution in [0.2, 0.25) is 0 Å². The lowest BCUT2D eigenvalue weighted by Crippen LogP contribution is -2.37. The quantitative estimate of drug-likeness (QED) is 0.170. The summed E-state index contributed by atoms with van der Waals surface area (Å²) in [5.74, 6) is 2.85. The molecular formula is C6H11N3O3. The van der Waals surface area contributed by atoms with Gasteiger partial charge < -0.3 is 5.32 Å². The Morgan fingerprint density at radius 3 is 2.25 bits per heavy atom. The second-order valence-electron chi connectivity index (χ2n) is 2.18. The van der Waals surface area contributed by atoms with Crippen LogP contribution in [0.4, 0.5) is 0 Å². The zero-order chi connectivity index (χ0) is 9.72. The molecule has 2 amide bonds. The second-order valence-corrected chi connectivity index (χ2v) is 2.18. The van der Waals surface area contributed by atoms with Gasteiger partial charge in [-0.25, -0.2) is 5.84 Å². The Morgan fingerprint density at radius 2 is 1.92 bits per heavy atom. The zero-order valence-electron chi connectivity index (χ0n) is 6.96. The van der Waals surface area contributed by atoms with Crippen LogP contribution in [-0.4, -0.2) is 36.7 Å². The lowest BCUT2D eigenvalue weighted by molar-refractivity contribution is -0.142. The predicted octanol–water partition coefficient (Wildman–Crippen LogP) is -1.98. The van der Waals surface area contributed by atoms with Gasteiger partial charge in [-0.15, -0.1) is 0 Å². The summed E-state index contributed by atoms with van der Waals surface area (Å²) in [6.07, 6.45) is -0.493. The summed E-state index contributed by atoms with van der Waals surface area (Å²) in [7, 11) is 2.62. The molecule has 0 saturated heterocycles. The number of amides is 2. The lowest BCUT2D eigenvalue weighted by atomic mass is 10.2. The number of hydrazine groups is 1. The summed E-state index contributed by atoms with van der Waals surface area (Å²) in [6.45, 7) is 0. The first-order valence-corrected chi connectivity index (χ1v) is 3.25. The van der Waals surface area contributed by atoms with Crippen molar-refractivity contribution in [2.45, 2.75) is 6.42 Å². The van der Waals surface area contributed by atoms with Crippen molar-refractivity contribution in [3.63, 3.8) is 0 Å². The monoisotopic (exact) mass is 173 g/mol. The van der Waals surface area contributed by atoms with Crippen LogP contribution in [0.1, 0.15) is 6.42 Å². The molecule has 68 valence electrons. The van der Waals surface area contributed by atoms with Gasteiger partial charge in [-0.2, -0.15) is 0 Å². The van der Waals surface area contributed by atoms with E-state index in [1.165, 1.54) is 14.1 Å². The second kappa shape index (κ2) is 4.45. The lowest BCUT2D eigenvalue weighted by Gasteiger charge is -2.07. The minimum atomic E-state index is -0.792. The van der Waals surface area contributed by atoms with E-state index >= 15 is 0 Å². The molecule has 0 rings (SSSR count). The van der Waals surface area contributed by atoms with Gasteiger partial charge in [0.25, 0.3) is 5.91 Å². The van der Waals surface area contributed by atoms with E-state index in [0.717, 1.165) is 5.01 Å². The van der Waals surface area contributed by atoms with E-state index in [-0.39, 0.29) is 0 Å². The van der Waals surface area contributed by atoms with Crippen LogP contribution in [-0.2, 0) is 14.4 Å². The number of nitrogens with two attached hydrogens (primary N) is 1. The van der Waals surface area contributed by atoms with Crippen molar-refractivity contribution in [1.29, 1.82) is 0 Å². The van der Waals surface area contributed by atoms with Crippen LogP contribution in [0.3, 0.4) is 0 Å². The molecule has 0 aliphatic carbocycles. The molecule has 0 aromatic carbocycles. The average molecular weight is 173 g/mol. The van der Waals surface area contributed by atoms with E-state index in [2.05, 4.69) is 5.32 Å². The van der Waals surface area contributed by atoms with Gasteiger partial charge in [0.1, 0.15) is 0 Å². The summed E-state index contributed by atoms with van der Waals surface area (Å²) in [5.41, 5.74) is 0. The number of carbonyl (C=O) groups excluding carboxylic acids is 3. The van der Waals surface area contributed by atoms with E-state index in [1.807, 2.05) is 0 Å². The fraction of sp³-hybridized carbons (Fsp3) is 0.500. The molecule has 0 aliphatic rings. The van der Waals surface area contributed by atoms with Gasteiger partial charge in [0.15, 0.2) is 0 Å². The van der Waals surface area contributed by atoms with Gasteiger partial charge in [-0.3, -0.25) is 19.4 Å². The number of rotatable bonds is 3. The Bertz CT molecular complexity index is 212. The smallest absolute Gasteiger partial charge is 0.287 e. The third-order valence-electron chi connectivity index (χ3n) is 1.19. The molecule has 6 heteroatoms. The number of likely N-dealkylation sites (N-methyl/N-ethyl adjacent to an activating group) is 1. The molecule has 0 unspecified atom stereocenters. The van der Waals surface area contributed by atoms with Crippen molar-refractivity contribution in [2.75, 3.05) is 14.1 Å². The Hall–Kier alpha value is -1.43. The Balaban J connectivity index is 4.02. The highest BCUT2D eigenvalue weighted by atomic mass is 16.2. The zero-order valence-corrected chi connectivity index (χ0v) is 6.96. The summed E-state index contributed by atoms with van der Waals surface area (Å²) < 4.78 is 0. The number of hydrogen-bond donors (Lipinski definition) is 2. The molecule has 0 saturated carbocycles. The SMILES string of the molecule is CNC(=O)C(=O)CC(=O)N(C)N. The fourth-order valence-electron chi connectivity index (χ4n) is 0.482. The van der Waals surface area contributed by atoms with Crippen molar-refractivity contribution in [3.8, 4) is 0 Å². The summed E-state index contributed by atoms with van der Waals surface area (Å²) in [4.78, 5) is 32.1. The van der Waals surface area contributed by atoms with Crippen molar-refractivity contribution in [2.24, 2.45) is 5.84 Å². The predicted molar refractivity (Wildman–Crippen MR) is 40.6 cm³/mol. The van der Waals surface area contributed by atoms with Gasteiger partial charge in [0, 0.05) is 14.1 Å². The number of nitrogens with zero attached hydrogens (tertiary/aromatic N) is 1. The molecule has 0 fully saturated rings. The maximum Gasteiger partial charge on any atom is 0.287 e. The van der Waals surface area contributed by atoms with Crippen LogP contribution in [0.25, 0.3) is 0 Å². The van der Waals surface area contributed by atoms with Gasteiger partial charge in [-0.05, 0) is 0 Å².